The Hall–Kier alpha value is -2.56. The second-order valence-electron chi connectivity index (χ2n) is 6.63. The van der Waals surface area contributed by atoms with Crippen LogP contribution in [0, 0.1) is 11.8 Å². The second kappa shape index (κ2) is 10.8. The number of benzene rings is 2. The van der Waals surface area contributed by atoms with E-state index in [2.05, 4.69) is 17.9 Å². The molecule has 154 valence electrons. The molecular weight excluding hydrogens is 392 g/mol. The molecular formula is C22H25ClN2O4. The van der Waals surface area contributed by atoms with Crippen LogP contribution in [0.1, 0.15) is 22.3 Å². The highest BCUT2D eigenvalue weighted by Crippen LogP contribution is 2.21. The Morgan fingerprint density at radius 2 is 1.79 bits per heavy atom. The molecule has 0 saturated heterocycles. The van der Waals surface area contributed by atoms with E-state index in [4.69, 9.17) is 20.7 Å². The molecule has 1 amide bonds. The smallest absolute Gasteiger partial charge is 0.242 e. The number of hydrogen-bond acceptors (Lipinski definition) is 5. The molecule has 0 unspecified atom stereocenters. The lowest BCUT2D eigenvalue weighted by Crippen LogP contribution is -2.47. The van der Waals surface area contributed by atoms with Gasteiger partial charge in [-0.2, -0.15) is 0 Å². The van der Waals surface area contributed by atoms with Crippen LogP contribution in [0.15, 0.2) is 42.5 Å². The van der Waals surface area contributed by atoms with Crippen molar-refractivity contribution in [1.29, 1.82) is 0 Å². The predicted molar refractivity (Wildman–Crippen MR) is 113 cm³/mol. The van der Waals surface area contributed by atoms with Gasteiger partial charge in [-0.15, -0.1) is 12.4 Å². The fourth-order valence-electron chi connectivity index (χ4n) is 3.07. The quantitative estimate of drug-likeness (QED) is 0.634. The zero-order valence-corrected chi connectivity index (χ0v) is 16.8. The summed E-state index contributed by atoms with van der Waals surface area (Å²) < 4.78 is 5.33. The van der Waals surface area contributed by atoms with Crippen molar-refractivity contribution < 1.29 is 19.7 Å². The number of fused-ring (bicyclic) bond motifs is 1. The lowest BCUT2D eigenvalue weighted by Gasteiger charge is -2.30. The topological polar surface area (TPSA) is 96.0 Å². The average molecular weight is 417 g/mol. The normalized spacial score (nSPS) is 13.4. The maximum absolute atomic E-state index is 12.1. The summed E-state index contributed by atoms with van der Waals surface area (Å²) in [6.07, 6.45) is 0.742. The largest absolute Gasteiger partial charge is 0.491 e. The maximum Gasteiger partial charge on any atom is 0.242 e. The molecule has 7 heteroatoms. The minimum atomic E-state index is -0.855. The van der Waals surface area contributed by atoms with Crippen molar-refractivity contribution >= 4 is 18.3 Å². The molecule has 2 aromatic carbocycles. The van der Waals surface area contributed by atoms with Gasteiger partial charge in [-0.25, -0.2) is 0 Å². The summed E-state index contributed by atoms with van der Waals surface area (Å²) in [7, 11) is 0. The fraction of sp³-hybridized carbons (Fsp3) is 0.318. The first-order valence-corrected chi connectivity index (χ1v) is 9.23. The van der Waals surface area contributed by atoms with E-state index < -0.39 is 6.04 Å². The van der Waals surface area contributed by atoms with Crippen LogP contribution in [0.3, 0.4) is 0 Å². The zero-order chi connectivity index (χ0) is 19.9. The molecule has 1 heterocycles. The molecule has 1 aliphatic heterocycles. The van der Waals surface area contributed by atoms with E-state index in [9.17, 15) is 4.79 Å². The first-order chi connectivity index (χ1) is 13.6. The highest BCUT2D eigenvalue weighted by Gasteiger charge is 2.24. The van der Waals surface area contributed by atoms with Crippen molar-refractivity contribution in [1.82, 2.24) is 4.90 Å². The van der Waals surface area contributed by atoms with Gasteiger partial charge < -0.3 is 25.6 Å². The third kappa shape index (κ3) is 5.96. The molecule has 1 aliphatic rings. The van der Waals surface area contributed by atoms with Crippen LogP contribution in [-0.2, 0) is 17.8 Å². The lowest BCUT2D eigenvalue weighted by molar-refractivity contribution is -0.134. The van der Waals surface area contributed by atoms with Gasteiger partial charge in [0.05, 0.1) is 13.2 Å². The highest BCUT2D eigenvalue weighted by atomic mass is 35.5. The molecule has 0 bridgehead atoms. The van der Waals surface area contributed by atoms with E-state index in [0.717, 1.165) is 23.1 Å². The summed E-state index contributed by atoms with van der Waals surface area (Å²) in [5.41, 5.74) is 9.71. The Bertz CT molecular complexity index is 890. The van der Waals surface area contributed by atoms with Crippen LogP contribution in [0.2, 0.25) is 0 Å². The summed E-state index contributed by atoms with van der Waals surface area (Å²) in [5, 5.41) is 17.8. The minimum Gasteiger partial charge on any atom is -0.491 e. The zero-order valence-electron chi connectivity index (χ0n) is 16.0. The fourth-order valence-corrected chi connectivity index (χ4v) is 3.07. The third-order valence-electron chi connectivity index (χ3n) is 4.61. The summed E-state index contributed by atoms with van der Waals surface area (Å²) in [5.74, 6) is 6.79. The van der Waals surface area contributed by atoms with E-state index in [1.165, 1.54) is 5.56 Å². The highest BCUT2D eigenvalue weighted by molar-refractivity contribution is 5.85. The summed E-state index contributed by atoms with van der Waals surface area (Å²) in [6.45, 7) is 1.01. The number of nitrogens with zero attached hydrogens (tertiary/aromatic N) is 1. The minimum absolute atomic E-state index is 0. The number of rotatable bonds is 5. The SMILES string of the molecule is Cl.N[C@H](CO)C(=O)N1CCc2cc(C#Cc3ccc(OCCO)cc3)ccc2C1. The molecule has 0 radical (unpaired) electrons. The van der Waals surface area contributed by atoms with Crippen molar-refractivity contribution in [3.8, 4) is 17.6 Å². The van der Waals surface area contributed by atoms with E-state index >= 15 is 0 Å². The number of hydrogen-bond donors (Lipinski definition) is 3. The number of carbonyl (C=O) groups is 1. The van der Waals surface area contributed by atoms with Crippen LogP contribution in [0.4, 0.5) is 0 Å². The molecule has 0 spiro atoms. The predicted octanol–water partition coefficient (Wildman–Crippen LogP) is 1.08. The number of ether oxygens (including phenoxy) is 1. The molecule has 1 atom stereocenters. The van der Waals surface area contributed by atoms with Crippen molar-refractivity contribution in [2.75, 3.05) is 26.4 Å². The number of halogens is 1. The lowest BCUT2D eigenvalue weighted by atomic mass is 9.97. The molecule has 4 N–H and O–H groups in total. The first kappa shape index (κ1) is 22.7. The molecule has 2 aromatic rings. The van der Waals surface area contributed by atoms with Crippen molar-refractivity contribution in [3.63, 3.8) is 0 Å². The Balaban J connectivity index is 0.00000300. The second-order valence-corrected chi connectivity index (χ2v) is 6.63. The number of nitrogens with two attached hydrogens (primary N) is 1. The standard InChI is InChI=1S/C22H24N2O4.ClH/c23-21(15-26)22(27)24-10-9-18-13-17(3-6-19(18)14-24)2-1-16-4-7-20(8-5-16)28-12-11-25;/h3-8,13,21,25-26H,9-12,14-15,23H2;1H/t21-;/m1./s1. The van der Waals surface area contributed by atoms with Crippen molar-refractivity contribution in [2.24, 2.45) is 5.73 Å². The molecule has 3 rings (SSSR count). The Morgan fingerprint density at radius 3 is 2.48 bits per heavy atom. The summed E-state index contributed by atoms with van der Waals surface area (Å²) in [4.78, 5) is 13.8. The molecule has 29 heavy (non-hydrogen) atoms. The van der Waals surface area contributed by atoms with Gasteiger partial charge in [0, 0.05) is 24.2 Å². The average Bonchev–Trinajstić information content (AvgIpc) is 2.75. The number of aliphatic hydroxyl groups excluding tert-OH is 2. The van der Waals surface area contributed by atoms with E-state index in [1.807, 2.05) is 36.4 Å². The van der Waals surface area contributed by atoms with Gasteiger partial charge in [0.2, 0.25) is 5.91 Å². The first-order valence-electron chi connectivity index (χ1n) is 9.23. The maximum atomic E-state index is 12.1. The molecule has 0 saturated carbocycles. The third-order valence-corrected chi connectivity index (χ3v) is 4.61. The Labute approximate surface area is 176 Å². The van der Waals surface area contributed by atoms with E-state index in [0.29, 0.717) is 18.8 Å². The molecule has 0 aliphatic carbocycles. The van der Waals surface area contributed by atoms with Gasteiger partial charge in [-0.3, -0.25) is 4.79 Å². The van der Waals surface area contributed by atoms with Gasteiger partial charge in [-0.1, -0.05) is 17.9 Å². The van der Waals surface area contributed by atoms with E-state index in [1.54, 1.807) is 4.90 Å². The Morgan fingerprint density at radius 1 is 1.10 bits per heavy atom. The van der Waals surface area contributed by atoms with E-state index in [-0.39, 0.29) is 38.1 Å². The summed E-state index contributed by atoms with van der Waals surface area (Å²) in [6, 6.07) is 12.6. The van der Waals surface area contributed by atoms with Gasteiger partial charge in [-0.05, 0) is 53.9 Å². The van der Waals surface area contributed by atoms with Crippen LogP contribution in [0.25, 0.3) is 0 Å². The number of aliphatic hydroxyl groups is 2. The van der Waals surface area contributed by atoms with Gasteiger partial charge >= 0.3 is 0 Å². The summed E-state index contributed by atoms with van der Waals surface area (Å²) >= 11 is 0. The van der Waals surface area contributed by atoms with Crippen molar-refractivity contribution in [2.45, 2.75) is 19.0 Å². The van der Waals surface area contributed by atoms with Gasteiger partial charge in [0.1, 0.15) is 18.4 Å². The molecule has 6 nitrogen and oxygen atoms in total. The Kier molecular flexibility index (Phi) is 8.50. The molecule has 0 fully saturated rings. The van der Waals surface area contributed by atoms with Crippen LogP contribution in [-0.4, -0.2) is 53.4 Å². The number of carbonyl (C=O) groups excluding carboxylic acids is 1. The van der Waals surface area contributed by atoms with Crippen molar-refractivity contribution in [3.05, 3.63) is 64.7 Å². The number of amides is 1. The molecule has 0 aromatic heterocycles. The van der Waals surface area contributed by atoms with Gasteiger partial charge in [0.25, 0.3) is 0 Å². The van der Waals surface area contributed by atoms with Crippen LogP contribution in [0.5, 0.6) is 5.75 Å². The van der Waals surface area contributed by atoms with Crippen LogP contribution < -0.4 is 10.5 Å². The van der Waals surface area contributed by atoms with Crippen LogP contribution >= 0.6 is 12.4 Å². The van der Waals surface area contributed by atoms with Gasteiger partial charge in [0.15, 0.2) is 0 Å². The monoisotopic (exact) mass is 416 g/mol.